The van der Waals surface area contributed by atoms with Crippen LogP contribution in [0.5, 0.6) is 11.5 Å². The first-order valence-electron chi connectivity index (χ1n) is 7.64. The molecule has 128 valence electrons. The van der Waals surface area contributed by atoms with Gasteiger partial charge in [-0.15, -0.1) is 0 Å². The van der Waals surface area contributed by atoms with E-state index in [0.29, 0.717) is 17.0 Å². The van der Waals surface area contributed by atoms with E-state index in [1.165, 1.54) is 31.1 Å². The van der Waals surface area contributed by atoms with Crippen molar-refractivity contribution in [2.45, 2.75) is 13.0 Å². The smallest absolute Gasteiger partial charge is 0.294 e. The van der Waals surface area contributed by atoms with E-state index in [1.807, 2.05) is 0 Å². The summed E-state index contributed by atoms with van der Waals surface area (Å²) in [6.45, 7) is 1.31. The fourth-order valence-electron chi connectivity index (χ4n) is 2.97. The Balaban J connectivity index is 2.17. The van der Waals surface area contributed by atoms with Crippen LogP contribution in [0.4, 0.5) is 5.69 Å². The third-order valence-electron chi connectivity index (χ3n) is 4.12. The lowest BCUT2D eigenvalue weighted by molar-refractivity contribution is -0.117. The Morgan fingerprint density at radius 1 is 1.12 bits per heavy atom. The number of phenolic OH excluding ortho intramolecular Hbond substituents is 1. The molecule has 0 saturated carbocycles. The molecule has 0 spiro atoms. The Morgan fingerprint density at radius 2 is 1.80 bits per heavy atom. The van der Waals surface area contributed by atoms with Crippen LogP contribution in [-0.4, -0.2) is 29.0 Å². The molecular weight excluding hydrogens is 322 g/mol. The molecule has 0 saturated heterocycles. The molecule has 0 radical (unpaired) electrons. The number of ketones is 1. The van der Waals surface area contributed by atoms with Gasteiger partial charge in [0.05, 0.1) is 18.7 Å². The zero-order chi connectivity index (χ0) is 18.1. The number of Topliss-reactive ketones (excluding diaryl/α,β-unsaturated/α-hetero) is 1. The number of aliphatic hydroxyl groups excluding tert-OH is 1. The number of rotatable bonds is 4. The number of hydrogen-bond donors (Lipinski definition) is 2. The summed E-state index contributed by atoms with van der Waals surface area (Å²) in [7, 11) is 1.52. The summed E-state index contributed by atoms with van der Waals surface area (Å²) in [5.41, 5.74) is 1.12. The number of benzene rings is 2. The van der Waals surface area contributed by atoms with Gasteiger partial charge in [0.25, 0.3) is 5.91 Å². The van der Waals surface area contributed by atoms with Gasteiger partial charge in [-0.25, -0.2) is 0 Å². The van der Waals surface area contributed by atoms with Gasteiger partial charge in [0.2, 0.25) is 0 Å². The van der Waals surface area contributed by atoms with Gasteiger partial charge >= 0.3 is 0 Å². The van der Waals surface area contributed by atoms with Gasteiger partial charge in [-0.3, -0.25) is 14.5 Å². The molecule has 25 heavy (non-hydrogen) atoms. The van der Waals surface area contributed by atoms with E-state index < -0.39 is 17.7 Å². The third kappa shape index (κ3) is 2.82. The molecule has 1 aliphatic heterocycles. The molecule has 0 aliphatic carbocycles. The first-order valence-corrected chi connectivity index (χ1v) is 7.64. The standard InChI is InChI=1S/C19H17NO5/c1-11(21)16-17(12-4-3-5-15(10-12)25-2)20(19(24)18(16)23)13-6-8-14(22)9-7-13/h3-10,17,22-23H,1-2H3. The molecule has 0 bridgehead atoms. The van der Waals surface area contributed by atoms with E-state index in [4.69, 9.17) is 4.74 Å². The summed E-state index contributed by atoms with van der Waals surface area (Å²) >= 11 is 0. The second kappa shape index (κ2) is 6.32. The van der Waals surface area contributed by atoms with Crippen LogP contribution in [0.25, 0.3) is 0 Å². The van der Waals surface area contributed by atoms with Gasteiger partial charge in [-0.2, -0.15) is 0 Å². The zero-order valence-corrected chi connectivity index (χ0v) is 13.8. The largest absolute Gasteiger partial charge is 0.508 e. The number of carbonyl (C=O) groups excluding carboxylic acids is 2. The van der Waals surface area contributed by atoms with E-state index in [9.17, 15) is 19.8 Å². The monoisotopic (exact) mass is 339 g/mol. The van der Waals surface area contributed by atoms with Crippen molar-refractivity contribution in [1.29, 1.82) is 0 Å². The van der Waals surface area contributed by atoms with Crippen molar-refractivity contribution in [3.05, 3.63) is 65.4 Å². The van der Waals surface area contributed by atoms with Crippen LogP contribution in [0, 0.1) is 0 Å². The summed E-state index contributed by atoms with van der Waals surface area (Å²) in [4.78, 5) is 26.1. The molecule has 6 heteroatoms. The number of amides is 1. The second-order valence-corrected chi connectivity index (χ2v) is 5.69. The number of aromatic hydroxyl groups is 1. The van der Waals surface area contributed by atoms with Crippen LogP contribution in [0.15, 0.2) is 59.9 Å². The highest BCUT2D eigenvalue weighted by atomic mass is 16.5. The maximum Gasteiger partial charge on any atom is 0.294 e. The lowest BCUT2D eigenvalue weighted by Gasteiger charge is -2.27. The Labute approximate surface area is 144 Å². The second-order valence-electron chi connectivity index (χ2n) is 5.69. The maximum absolute atomic E-state index is 12.6. The number of aliphatic hydroxyl groups is 1. The minimum Gasteiger partial charge on any atom is -0.508 e. The maximum atomic E-state index is 12.6. The highest BCUT2D eigenvalue weighted by Crippen LogP contribution is 2.41. The van der Waals surface area contributed by atoms with Crippen LogP contribution in [0.2, 0.25) is 0 Å². The minimum atomic E-state index is -0.773. The fourth-order valence-corrected chi connectivity index (χ4v) is 2.97. The van der Waals surface area contributed by atoms with Crippen molar-refractivity contribution >= 4 is 17.4 Å². The Hall–Kier alpha value is -3.28. The number of methoxy groups -OCH3 is 1. The highest BCUT2D eigenvalue weighted by molar-refractivity contribution is 6.16. The molecule has 2 aromatic carbocycles. The lowest BCUT2D eigenvalue weighted by atomic mass is 9.96. The highest BCUT2D eigenvalue weighted by Gasteiger charge is 2.43. The Kier molecular flexibility index (Phi) is 4.19. The van der Waals surface area contributed by atoms with Gasteiger partial charge in [-0.05, 0) is 48.9 Å². The number of phenols is 1. The number of hydrogen-bond acceptors (Lipinski definition) is 5. The van der Waals surface area contributed by atoms with Crippen molar-refractivity contribution in [3.63, 3.8) is 0 Å². The molecular formula is C19H17NO5. The quantitative estimate of drug-likeness (QED) is 0.894. The van der Waals surface area contributed by atoms with Crippen LogP contribution in [0.1, 0.15) is 18.5 Å². The molecule has 2 N–H and O–H groups in total. The summed E-state index contributed by atoms with van der Waals surface area (Å²) in [5, 5.41) is 19.7. The Bertz CT molecular complexity index is 870. The average Bonchev–Trinajstić information content (AvgIpc) is 2.87. The van der Waals surface area contributed by atoms with Crippen LogP contribution in [-0.2, 0) is 9.59 Å². The number of carbonyl (C=O) groups is 2. The summed E-state index contributed by atoms with van der Waals surface area (Å²) < 4.78 is 5.22. The number of nitrogens with zero attached hydrogens (tertiary/aromatic N) is 1. The predicted octanol–water partition coefficient (Wildman–Crippen LogP) is 2.89. The summed E-state index contributed by atoms with van der Waals surface area (Å²) in [5.74, 6) is -0.987. The van der Waals surface area contributed by atoms with Crippen LogP contribution < -0.4 is 9.64 Å². The molecule has 1 atom stereocenters. The van der Waals surface area contributed by atoms with Crippen molar-refractivity contribution < 1.29 is 24.5 Å². The molecule has 6 nitrogen and oxygen atoms in total. The van der Waals surface area contributed by atoms with Crippen molar-refractivity contribution in [3.8, 4) is 11.5 Å². The van der Waals surface area contributed by atoms with Crippen molar-refractivity contribution in [1.82, 2.24) is 0 Å². The Morgan fingerprint density at radius 3 is 2.40 bits per heavy atom. The van der Waals surface area contributed by atoms with Crippen molar-refractivity contribution in [2.24, 2.45) is 0 Å². The summed E-state index contributed by atoms with van der Waals surface area (Å²) in [6, 6.07) is 12.2. The molecule has 1 amide bonds. The normalized spacial score (nSPS) is 17.1. The van der Waals surface area contributed by atoms with E-state index in [-0.39, 0.29) is 17.1 Å². The van der Waals surface area contributed by atoms with Crippen LogP contribution in [0.3, 0.4) is 0 Å². The van der Waals surface area contributed by atoms with Gasteiger partial charge in [-0.1, -0.05) is 12.1 Å². The van der Waals surface area contributed by atoms with E-state index in [1.54, 1.807) is 36.4 Å². The number of anilines is 1. The first-order chi connectivity index (χ1) is 11.9. The molecule has 1 unspecified atom stereocenters. The SMILES string of the molecule is COc1cccc(C2C(C(C)=O)=C(O)C(=O)N2c2ccc(O)cc2)c1. The molecule has 0 fully saturated rings. The third-order valence-corrected chi connectivity index (χ3v) is 4.12. The number of ether oxygens (including phenoxy) is 1. The molecule has 2 aromatic rings. The molecule has 1 heterocycles. The lowest BCUT2D eigenvalue weighted by Crippen LogP contribution is -2.30. The summed E-state index contributed by atoms with van der Waals surface area (Å²) in [6.07, 6.45) is 0. The topological polar surface area (TPSA) is 87.1 Å². The fraction of sp³-hybridized carbons (Fsp3) is 0.158. The van der Waals surface area contributed by atoms with E-state index >= 15 is 0 Å². The van der Waals surface area contributed by atoms with Gasteiger partial charge < -0.3 is 14.9 Å². The zero-order valence-electron chi connectivity index (χ0n) is 13.8. The van der Waals surface area contributed by atoms with E-state index in [0.717, 1.165) is 0 Å². The van der Waals surface area contributed by atoms with Gasteiger partial charge in [0, 0.05) is 5.69 Å². The average molecular weight is 339 g/mol. The van der Waals surface area contributed by atoms with Gasteiger partial charge in [0.15, 0.2) is 11.5 Å². The van der Waals surface area contributed by atoms with Gasteiger partial charge in [0.1, 0.15) is 11.5 Å². The van der Waals surface area contributed by atoms with Crippen LogP contribution >= 0.6 is 0 Å². The first kappa shape index (κ1) is 16.6. The van der Waals surface area contributed by atoms with Crippen molar-refractivity contribution in [2.75, 3.05) is 12.0 Å². The molecule has 1 aliphatic rings. The minimum absolute atomic E-state index is 0.0336. The molecule has 0 aromatic heterocycles. The predicted molar refractivity (Wildman–Crippen MR) is 91.7 cm³/mol. The molecule has 3 rings (SSSR count). The van der Waals surface area contributed by atoms with E-state index in [2.05, 4.69) is 0 Å².